The highest BCUT2D eigenvalue weighted by molar-refractivity contribution is 6.14. The van der Waals surface area contributed by atoms with Crippen LogP contribution in [0.25, 0.3) is 0 Å². The molecule has 2 aliphatic heterocycles. The summed E-state index contributed by atoms with van der Waals surface area (Å²) in [4.78, 5) is 30.5. The van der Waals surface area contributed by atoms with Crippen LogP contribution in [0.4, 0.5) is 44.8 Å². The summed E-state index contributed by atoms with van der Waals surface area (Å²) in [6, 6.07) is 8.12. The van der Waals surface area contributed by atoms with Crippen LogP contribution in [0.15, 0.2) is 47.3 Å². The van der Waals surface area contributed by atoms with Gasteiger partial charge in [0.15, 0.2) is 0 Å². The van der Waals surface area contributed by atoms with E-state index in [1.54, 1.807) is 0 Å². The second-order valence-corrected chi connectivity index (χ2v) is 8.01. The van der Waals surface area contributed by atoms with Crippen molar-refractivity contribution in [1.29, 1.82) is 0 Å². The first kappa shape index (κ1) is 21.9. The zero-order chi connectivity index (χ0) is 24.2. The number of nitrogens with one attached hydrogen (secondary N) is 2. The molecule has 5 rings (SSSR count). The maximum absolute atomic E-state index is 15.3. The van der Waals surface area contributed by atoms with Crippen LogP contribution in [0.5, 0.6) is 0 Å². The molecule has 11 heteroatoms. The number of aryl methyl sites for hydroxylation is 1. The lowest BCUT2D eigenvalue weighted by molar-refractivity contribution is -0.140. The number of pyridine rings is 1. The van der Waals surface area contributed by atoms with E-state index >= 15 is 4.39 Å². The van der Waals surface area contributed by atoms with E-state index in [1.165, 1.54) is 35.2 Å². The minimum atomic E-state index is -5.01. The molecule has 2 N–H and O–H groups in total. The number of alkyl halides is 3. The summed E-state index contributed by atoms with van der Waals surface area (Å²) >= 11 is 0. The molecule has 176 valence electrons. The summed E-state index contributed by atoms with van der Waals surface area (Å²) in [5.74, 6) is -3.01. The molecule has 0 unspecified atom stereocenters. The maximum Gasteiger partial charge on any atom is 0.419 e. The molecule has 0 saturated carbocycles. The third kappa shape index (κ3) is 3.57. The van der Waals surface area contributed by atoms with Gasteiger partial charge in [0, 0.05) is 18.3 Å². The molecule has 2 bridgehead atoms. The summed E-state index contributed by atoms with van der Waals surface area (Å²) in [5, 5.41) is 3.01. The number of hydrogen-bond acceptors (Lipinski definition) is 4. The molecule has 0 saturated heterocycles. The van der Waals surface area contributed by atoms with E-state index in [0.29, 0.717) is 36.7 Å². The van der Waals surface area contributed by atoms with Crippen LogP contribution in [0.1, 0.15) is 27.9 Å². The molecule has 0 fully saturated rings. The quantitative estimate of drug-likeness (QED) is 0.458. The highest BCUT2D eigenvalue weighted by Crippen LogP contribution is 2.43. The standard InChI is InChI=1S/C23H17F5N4O2/c24-13-3-5-15-12(10-13)2-1-9-29-21-17(7-8-18(33)30-21)32-11-31(15)16-6-4-14(23(26,27)28)20(25)19(16)22(32)34/h3-8,10H,1-2,9,11H2,(H2,29,30,33). The fraction of sp³-hybridized carbons (Fsp3) is 0.217. The Labute approximate surface area is 189 Å². The minimum Gasteiger partial charge on any atom is -0.370 e. The van der Waals surface area contributed by atoms with Gasteiger partial charge in [0.25, 0.3) is 5.91 Å². The van der Waals surface area contributed by atoms with Crippen molar-refractivity contribution in [3.63, 3.8) is 0 Å². The Bertz CT molecular complexity index is 1370. The number of amides is 1. The lowest BCUT2D eigenvalue weighted by Gasteiger charge is -2.39. The smallest absolute Gasteiger partial charge is 0.370 e. The molecule has 0 atom stereocenters. The second kappa shape index (κ2) is 7.86. The maximum atomic E-state index is 15.3. The minimum absolute atomic E-state index is 0.0576. The van der Waals surface area contributed by atoms with Crippen molar-refractivity contribution in [2.75, 3.05) is 28.3 Å². The number of carbonyl (C=O) groups is 1. The van der Waals surface area contributed by atoms with E-state index in [1.807, 2.05) is 0 Å². The number of carbonyl (C=O) groups excluding carboxylic acids is 1. The van der Waals surface area contributed by atoms with Gasteiger partial charge in [-0.15, -0.1) is 0 Å². The van der Waals surface area contributed by atoms with Crippen molar-refractivity contribution in [3.05, 3.63) is 81.1 Å². The fourth-order valence-electron chi connectivity index (χ4n) is 4.36. The van der Waals surface area contributed by atoms with Crippen LogP contribution in [-0.4, -0.2) is 24.1 Å². The second-order valence-electron chi connectivity index (χ2n) is 8.01. The molecule has 3 aromatic rings. The molecule has 1 aromatic heterocycles. The Hall–Kier alpha value is -3.89. The first-order chi connectivity index (χ1) is 16.1. The Kier molecular flexibility index (Phi) is 5.07. The van der Waals surface area contributed by atoms with E-state index < -0.39 is 40.4 Å². The van der Waals surface area contributed by atoms with Crippen LogP contribution in [0.2, 0.25) is 0 Å². The Balaban J connectivity index is 1.80. The van der Waals surface area contributed by atoms with Gasteiger partial charge in [-0.25, -0.2) is 8.78 Å². The van der Waals surface area contributed by atoms with E-state index in [-0.39, 0.29) is 23.9 Å². The van der Waals surface area contributed by atoms with E-state index in [9.17, 15) is 27.2 Å². The Morgan fingerprint density at radius 2 is 1.62 bits per heavy atom. The number of halogens is 5. The molecule has 2 aromatic carbocycles. The third-order valence-corrected chi connectivity index (χ3v) is 5.90. The predicted molar refractivity (Wildman–Crippen MR) is 115 cm³/mol. The van der Waals surface area contributed by atoms with Crippen molar-refractivity contribution < 1.29 is 26.7 Å². The van der Waals surface area contributed by atoms with Gasteiger partial charge in [-0.1, -0.05) is 0 Å². The summed E-state index contributed by atoms with van der Waals surface area (Å²) in [6.07, 6.45) is -4.11. The van der Waals surface area contributed by atoms with Gasteiger partial charge in [0.1, 0.15) is 29.7 Å². The number of rotatable bonds is 0. The van der Waals surface area contributed by atoms with Crippen molar-refractivity contribution in [2.45, 2.75) is 19.0 Å². The largest absolute Gasteiger partial charge is 0.419 e. The molecular formula is C23H17F5N4O2. The number of hydrogen-bond donors (Lipinski definition) is 2. The molecular weight excluding hydrogens is 459 g/mol. The SMILES string of the molecule is O=C1c2c(ccc(C(F)(F)F)c2F)N2CN1c1ccc(=O)[nH]c1NCCCc1cc(F)ccc12. The van der Waals surface area contributed by atoms with E-state index in [4.69, 9.17) is 0 Å². The van der Waals surface area contributed by atoms with Crippen molar-refractivity contribution in [3.8, 4) is 0 Å². The van der Waals surface area contributed by atoms with Gasteiger partial charge in [0.05, 0.1) is 16.9 Å². The Morgan fingerprint density at radius 3 is 2.38 bits per heavy atom. The van der Waals surface area contributed by atoms with Gasteiger partial charge in [-0.05, 0) is 54.8 Å². The van der Waals surface area contributed by atoms with Crippen LogP contribution in [0.3, 0.4) is 0 Å². The molecule has 3 heterocycles. The molecule has 0 radical (unpaired) electrons. The van der Waals surface area contributed by atoms with Crippen LogP contribution in [0, 0.1) is 11.6 Å². The molecule has 2 aliphatic rings. The number of aromatic nitrogens is 1. The van der Waals surface area contributed by atoms with Crippen LogP contribution in [-0.2, 0) is 12.6 Å². The highest BCUT2D eigenvalue weighted by atomic mass is 19.4. The average molecular weight is 476 g/mol. The van der Waals surface area contributed by atoms with Gasteiger partial charge < -0.3 is 15.2 Å². The summed E-state index contributed by atoms with van der Waals surface area (Å²) < 4.78 is 69.7. The van der Waals surface area contributed by atoms with Gasteiger partial charge in [-0.2, -0.15) is 13.2 Å². The number of aromatic amines is 1. The lowest BCUT2D eigenvalue weighted by atomic mass is 10.00. The van der Waals surface area contributed by atoms with Crippen molar-refractivity contribution >= 4 is 28.8 Å². The lowest BCUT2D eigenvalue weighted by Crippen LogP contribution is -2.46. The summed E-state index contributed by atoms with van der Waals surface area (Å²) in [5.41, 5.74) is -1.69. The van der Waals surface area contributed by atoms with Gasteiger partial charge in [0.2, 0.25) is 5.56 Å². The molecule has 6 nitrogen and oxygen atoms in total. The zero-order valence-corrected chi connectivity index (χ0v) is 17.5. The zero-order valence-electron chi connectivity index (χ0n) is 17.5. The first-order valence-corrected chi connectivity index (χ1v) is 10.4. The Morgan fingerprint density at radius 1 is 0.882 bits per heavy atom. The van der Waals surface area contributed by atoms with Crippen LogP contribution < -0.4 is 20.7 Å². The normalized spacial score (nSPS) is 15.6. The molecule has 0 spiro atoms. The number of fused-ring (bicyclic) bond motifs is 8. The topological polar surface area (TPSA) is 68.4 Å². The number of benzene rings is 2. The van der Waals surface area contributed by atoms with Gasteiger partial charge in [-0.3, -0.25) is 14.5 Å². The number of H-pyrrole nitrogens is 1. The predicted octanol–water partition coefficient (Wildman–Crippen LogP) is 4.79. The monoisotopic (exact) mass is 476 g/mol. The first-order valence-electron chi connectivity index (χ1n) is 10.4. The highest BCUT2D eigenvalue weighted by Gasteiger charge is 2.41. The summed E-state index contributed by atoms with van der Waals surface area (Å²) in [7, 11) is 0. The van der Waals surface area contributed by atoms with Crippen LogP contribution >= 0.6 is 0 Å². The number of anilines is 4. The number of nitrogens with zero attached hydrogens (tertiary/aromatic N) is 2. The van der Waals surface area contributed by atoms with E-state index in [0.717, 1.165) is 11.0 Å². The molecule has 1 amide bonds. The fourth-order valence-corrected chi connectivity index (χ4v) is 4.36. The third-order valence-electron chi connectivity index (χ3n) is 5.90. The van der Waals surface area contributed by atoms with Crippen molar-refractivity contribution in [1.82, 2.24) is 4.98 Å². The molecule has 0 aliphatic carbocycles. The van der Waals surface area contributed by atoms with Gasteiger partial charge >= 0.3 is 6.18 Å². The molecule has 34 heavy (non-hydrogen) atoms. The van der Waals surface area contributed by atoms with E-state index in [2.05, 4.69) is 10.3 Å². The van der Waals surface area contributed by atoms with Crippen molar-refractivity contribution in [2.24, 2.45) is 0 Å². The summed E-state index contributed by atoms with van der Waals surface area (Å²) in [6.45, 7) is 0.153. The average Bonchev–Trinajstić information content (AvgIpc) is 2.79.